The fraction of sp³-hybridized carbons (Fsp3) is 0.316. The molecule has 0 saturated heterocycles. The number of rotatable bonds is 7. The predicted octanol–water partition coefficient (Wildman–Crippen LogP) is 2.85. The number of nitrogens with one attached hydrogen (secondary N) is 2. The van der Waals surface area contributed by atoms with Crippen molar-refractivity contribution >= 4 is 27.5 Å². The Morgan fingerprint density at radius 1 is 1.15 bits per heavy atom. The smallest absolute Gasteiger partial charge is 0.241 e. The summed E-state index contributed by atoms with van der Waals surface area (Å²) in [5.74, 6) is -0.349. The second-order valence-electron chi connectivity index (χ2n) is 6.66. The van der Waals surface area contributed by atoms with Crippen LogP contribution in [-0.2, 0) is 20.2 Å². The van der Waals surface area contributed by atoms with Crippen LogP contribution in [0.5, 0.6) is 0 Å². The van der Waals surface area contributed by atoms with E-state index in [0.717, 1.165) is 12.8 Å². The molecule has 138 valence electrons. The molecular formula is C19H21ClN2O3S. The molecule has 1 atom stereocenters. The molecule has 0 heterocycles. The molecule has 0 aliphatic heterocycles. The highest BCUT2D eigenvalue weighted by Crippen LogP contribution is 2.47. The first kappa shape index (κ1) is 18.9. The molecule has 0 bridgehead atoms. The van der Waals surface area contributed by atoms with Gasteiger partial charge < -0.3 is 5.32 Å². The van der Waals surface area contributed by atoms with Crippen molar-refractivity contribution in [2.75, 3.05) is 6.54 Å². The number of carbonyl (C=O) groups excluding carboxylic acids is 1. The number of sulfonamides is 1. The lowest BCUT2D eigenvalue weighted by atomic mass is 9.96. The van der Waals surface area contributed by atoms with Gasteiger partial charge in [0.25, 0.3) is 0 Å². The van der Waals surface area contributed by atoms with Crippen LogP contribution in [0.25, 0.3) is 0 Å². The number of amides is 1. The van der Waals surface area contributed by atoms with E-state index in [-0.39, 0.29) is 16.2 Å². The maximum atomic E-state index is 12.4. The highest BCUT2D eigenvalue weighted by molar-refractivity contribution is 7.89. The standard InChI is InChI=1S/C19H21ClN2O3S/c1-14(22-26(24,25)17-9-5-8-16(20)12-17)18(23)21-13-19(10-11-19)15-6-3-2-4-7-15/h2-9,12,14,22H,10-11,13H2,1H3,(H,21,23). The summed E-state index contributed by atoms with van der Waals surface area (Å²) in [7, 11) is -3.81. The quantitative estimate of drug-likeness (QED) is 0.760. The summed E-state index contributed by atoms with van der Waals surface area (Å²) in [5, 5.41) is 3.20. The highest BCUT2D eigenvalue weighted by atomic mass is 35.5. The summed E-state index contributed by atoms with van der Waals surface area (Å²) in [6, 6.07) is 15.1. The van der Waals surface area contributed by atoms with Crippen molar-refractivity contribution in [2.24, 2.45) is 0 Å². The molecular weight excluding hydrogens is 372 g/mol. The van der Waals surface area contributed by atoms with Crippen molar-refractivity contribution in [1.29, 1.82) is 0 Å². The Kier molecular flexibility index (Phi) is 5.37. The second-order valence-corrected chi connectivity index (χ2v) is 8.81. The van der Waals surface area contributed by atoms with Gasteiger partial charge in [-0.1, -0.05) is 48.0 Å². The summed E-state index contributed by atoms with van der Waals surface area (Å²) in [5.41, 5.74) is 1.18. The first-order valence-corrected chi connectivity index (χ1v) is 10.3. The van der Waals surface area contributed by atoms with Crippen molar-refractivity contribution in [1.82, 2.24) is 10.0 Å². The minimum Gasteiger partial charge on any atom is -0.354 e. The molecule has 2 aromatic carbocycles. The largest absolute Gasteiger partial charge is 0.354 e. The third kappa shape index (κ3) is 4.26. The molecule has 1 saturated carbocycles. The van der Waals surface area contributed by atoms with Gasteiger partial charge in [0.1, 0.15) is 0 Å². The second kappa shape index (κ2) is 7.39. The molecule has 1 unspecified atom stereocenters. The van der Waals surface area contributed by atoms with Crippen LogP contribution in [0, 0.1) is 0 Å². The number of benzene rings is 2. The van der Waals surface area contributed by atoms with E-state index in [1.54, 1.807) is 12.1 Å². The molecule has 1 aliphatic rings. The molecule has 0 spiro atoms. The lowest BCUT2D eigenvalue weighted by Crippen LogP contribution is -2.46. The Morgan fingerprint density at radius 2 is 1.85 bits per heavy atom. The van der Waals surface area contributed by atoms with Crippen molar-refractivity contribution in [3.63, 3.8) is 0 Å². The van der Waals surface area contributed by atoms with E-state index in [1.807, 2.05) is 18.2 Å². The monoisotopic (exact) mass is 392 g/mol. The lowest BCUT2D eigenvalue weighted by Gasteiger charge is -2.19. The lowest BCUT2D eigenvalue weighted by molar-refractivity contribution is -0.122. The van der Waals surface area contributed by atoms with Crippen LogP contribution in [0.3, 0.4) is 0 Å². The fourth-order valence-electron chi connectivity index (χ4n) is 2.91. The van der Waals surface area contributed by atoms with E-state index in [9.17, 15) is 13.2 Å². The maximum Gasteiger partial charge on any atom is 0.241 e. The van der Waals surface area contributed by atoms with Gasteiger partial charge in [-0.3, -0.25) is 4.79 Å². The number of carbonyl (C=O) groups is 1. The topological polar surface area (TPSA) is 75.3 Å². The molecule has 0 radical (unpaired) electrons. The van der Waals surface area contributed by atoms with Gasteiger partial charge >= 0.3 is 0 Å². The zero-order valence-electron chi connectivity index (χ0n) is 14.4. The van der Waals surface area contributed by atoms with Gasteiger partial charge in [0.15, 0.2) is 0 Å². The van der Waals surface area contributed by atoms with Crippen LogP contribution < -0.4 is 10.0 Å². The van der Waals surface area contributed by atoms with Crippen LogP contribution >= 0.6 is 11.6 Å². The molecule has 2 aromatic rings. The van der Waals surface area contributed by atoms with E-state index >= 15 is 0 Å². The molecule has 7 heteroatoms. The van der Waals surface area contributed by atoms with Crippen molar-refractivity contribution in [2.45, 2.75) is 36.1 Å². The van der Waals surface area contributed by atoms with E-state index in [2.05, 4.69) is 22.2 Å². The van der Waals surface area contributed by atoms with Gasteiger partial charge in [0.05, 0.1) is 10.9 Å². The van der Waals surface area contributed by atoms with Crippen molar-refractivity contribution in [3.05, 3.63) is 65.2 Å². The van der Waals surface area contributed by atoms with Crippen LogP contribution in [0.15, 0.2) is 59.5 Å². The SMILES string of the molecule is CC(NS(=O)(=O)c1cccc(Cl)c1)C(=O)NCC1(c2ccccc2)CC1. The molecule has 1 fully saturated rings. The average molecular weight is 393 g/mol. The Hall–Kier alpha value is -1.89. The molecule has 0 aromatic heterocycles. The van der Waals surface area contributed by atoms with Gasteiger partial charge in [-0.2, -0.15) is 4.72 Å². The minimum absolute atomic E-state index is 0.0253. The van der Waals surface area contributed by atoms with E-state index < -0.39 is 16.1 Å². The zero-order chi connectivity index (χ0) is 18.8. The van der Waals surface area contributed by atoms with Gasteiger partial charge in [-0.15, -0.1) is 0 Å². The van der Waals surface area contributed by atoms with E-state index in [1.165, 1.54) is 24.6 Å². The van der Waals surface area contributed by atoms with Crippen LogP contribution in [0.1, 0.15) is 25.3 Å². The normalized spacial score (nSPS) is 16.7. The Morgan fingerprint density at radius 3 is 2.46 bits per heavy atom. The van der Waals surface area contributed by atoms with Gasteiger partial charge in [0.2, 0.25) is 15.9 Å². The zero-order valence-corrected chi connectivity index (χ0v) is 16.0. The fourth-order valence-corrected chi connectivity index (χ4v) is 4.41. The molecule has 2 N–H and O–H groups in total. The van der Waals surface area contributed by atoms with E-state index in [4.69, 9.17) is 11.6 Å². The average Bonchev–Trinajstić information content (AvgIpc) is 3.41. The molecule has 1 aliphatic carbocycles. The summed E-state index contributed by atoms with van der Waals surface area (Å²) in [6.45, 7) is 2.03. The number of halogens is 1. The summed E-state index contributed by atoms with van der Waals surface area (Å²) in [4.78, 5) is 12.4. The number of hydrogen-bond acceptors (Lipinski definition) is 3. The maximum absolute atomic E-state index is 12.4. The van der Waals surface area contributed by atoms with Gasteiger partial charge in [0, 0.05) is 17.0 Å². The summed E-state index contributed by atoms with van der Waals surface area (Å²) >= 11 is 5.84. The van der Waals surface area contributed by atoms with Crippen molar-refractivity contribution < 1.29 is 13.2 Å². The summed E-state index contributed by atoms with van der Waals surface area (Å²) in [6.07, 6.45) is 2.03. The third-order valence-electron chi connectivity index (χ3n) is 4.67. The molecule has 5 nitrogen and oxygen atoms in total. The first-order valence-electron chi connectivity index (χ1n) is 8.44. The van der Waals surface area contributed by atoms with Crippen LogP contribution in [0.4, 0.5) is 0 Å². The molecule has 3 rings (SSSR count). The minimum atomic E-state index is -3.81. The third-order valence-corrected chi connectivity index (χ3v) is 6.45. The van der Waals surface area contributed by atoms with Gasteiger partial charge in [-0.25, -0.2) is 8.42 Å². The predicted molar refractivity (Wildman–Crippen MR) is 102 cm³/mol. The summed E-state index contributed by atoms with van der Waals surface area (Å²) < 4.78 is 27.2. The Bertz CT molecular complexity index is 896. The first-order chi connectivity index (χ1) is 12.3. The molecule has 1 amide bonds. The van der Waals surface area contributed by atoms with Crippen molar-refractivity contribution in [3.8, 4) is 0 Å². The van der Waals surface area contributed by atoms with Crippen LogP contribution in [-0.4, -0.2) is 26.9 Å². The molecule has 26 heavy (non-hydrogen) atoms. The Labute approximate surface area is 158 Å². The highest BCUT2D eigenvalue weighted by Gasteiger charge is 2.44. The van der Waals surface area contributed by atoms with E-state index in [0.29, 0.717) is 11.6 Å². The van der Waals surface area contributed by atoms with Crippen LogP contribution in [0.2, 0.25) is 5.02 Å². The van der Waals surface area contributed by atoms with Gasteiger partial charge in [-0.05, 0) is 43.5 Å². The Balaban J connectivity index is 1.60. The number of hydrogen-bond donors (Lipinski definition) is 2.